The van der Waals surface area contributed by atoms with Crippen LogP contribution in [0.25, 0.3) is 0 Å². The lowest BCUT2D eigenvalue weighted by molar-refractivity contribution is 0.0991. The lowest BCUT2D eigenvalue weighted by atomic mass is 10.0. The van der Waals surface area contributed by atoms with Crippen molar-refractivity contribution in [2.45, 2.75) is 4.83 Å². The number of Topliss-reactive ketones (excluding diaryl/α,β-unsaturated/α-hetero) is 1. The quantitative estimate of drug-likeness (QED) is 0.700. The maximum atomic E-state index is 13.1. The number of hydrogen-bond acceptors (Lipinski definition) is 3. The van der Waals surface area contributed by atoms with Gasteiger partial charge in [0.15, 0.2) is 5.78 Å². The molecule has 1 aromatic heterocycles. The second kappa shape index (κ2) is 5.27. The Labute approximate surface area is 112 Å². The molecule has 2 N–H and O–H groups in total. The molecule has 0 bridgehead atoms. The van der Waals surface area contributed by atoms with E-state index < -0.39 is 10.6 Å². The number of benzene rings is 1. The van der Waals surface area contributed by atoms with Crippen LogP contribution in [0.15, 0.2) is 42.6 Å². The van der Waals surface area contributed by atoms with Crippen molar-refractivity contribution >= 4 is 27.5 Å². The molecule has 0 aliphatic rings. The van der Waals surface area contributed by atoms with E-state index in [4.69, 9.17) is 5.73 Å². The molecular weight excluding hydrogens is 299 g/mol. The van der Waals surface area contributed by atoms with Crippen LogP contribution in [0.1, 0.15) is 20.7 Å². The number of carbonyl (C=O) groups is 1. The van der Waals surface area contributed by atoms with Crippen LogP contribution in [0.5, 0.6) is 0 Å². The smallest absolute Gasteiger partial charge is 0.180 e. The number of alkyl halides is 1. The van der Waals surface area contributed by atoms with Gasteiger partial charge in [-0.05, 0) is 29.8 Å². The molecule has 92 valence electrons. The van der Waals surface area contributed by atoms with Crippen molar-refractivity contribution in [3.8, 4) is 0 Å². The first-order valence-corrected chi connectivity index (χ1v) is 6.15. The average molecular weight is 309 g/mol. The number of anilines is 1. The molecule has 0 radical (unpaired) electrons. The Kier molecular flexibility index (Phi) is 3.72. The van der Waals surface area contributed by atoms with Crippen LogP contribution in [0.3, 0.4) is 0 Å². The minimum Gasteiger partial charge on any atom is -0.384 e. The molecule has 0 amide bonds. The van der Waals surface area contributed by atoms with Crippen LogP contribution in [0.4, 0.5) is 10.2 Å². The summed E-state index contributed by atoms with van der Waals surface area (Å²) in [4.78, 5) is 15.4. The molecule has 2 rings (SSSR count). The van der Waals surface area contributed by atoms with Gasteiger partial charge in [0, 0.05) is 11.8 Å². The molecule has 1 atom stereocenters. The van der Waals surface area contributed by atoms with Crippen molar-refractivity contribution in [3.63, 3.8) is 0 Å². The second-order valence-electron chi connectivity index (χ2n) is 3.75. The summed E-state index contributed by atoms with van der Waals surface area (Å²) in [5, 5.41) is 0. The molecule has 0 saturated carbocycles. The van der Waals surface area contributed by atoms with Gasteiger partial charge in [0.2, 0.25) is 0 Å². The molecule has 0 unspecified atom stereocenters. The number of pyridine rings is 1. The van der Waals surface area contributed by atoms with E-state index in [2.05, 4.69) is 20.9 Å². The minimum absolute atomic E-state index is 0.222. The number of aromatic nitrogens is 1. The Morgan fingerprint density at radius 2 is 2.11 bits per heavy atom. The Hall–Kier alpha value is -1.75. The Balaban J connectivity index is 2.29. The average Bonchev–Trinajstić information content (AvgIpc) is 2.37. The highest BCUT2D eigenvalue weighted by molar-refractivity contribution is 9.09. The summed E-state index contributed by atoms with van der Waals surface area (Å²) in [6, 6.07) is 8.88. The van der Waals surface area contributed by atoms with Crippen LogP contribution >= 0.6 is 15.9 Å². The van der Waals surface area contributed by atoms with Gasteiger partial charge in [-0.25, -0.2) is 9.37 Å². The van der Waals surface area contributed by atoms with Crippen molar-refractivity contribution in [2.24, 2.45) is 0 Å². The monoisotopic (exact) mass is 308 g/mol. The summed E-state index contributed by atoms with van der Waals surface area (Å²) in [5.74, 6) is -0.320. The molecule has 1 heterocycles. The van der Waals surface area contributed by atoms with Gasteiger partial charge in [0.25, 0.3) is 0 Å². The highest BCUT2D eigenvalue weighted by Gasteiger charge is 2.19. The number of halogens is 2. The third-order valence-corrected chi connectivity index (χ3v) is 3.38. The van der Waals surface area contributed by atoms with Crippen LogP contribution in [0, 0.1) is 5.82 Å². The summed E-state index contributed by atoms with van der Waals surface area (Å²) >= 11 is 3.29. The number of carbonyl (C=O) groups excluding carboxylic acids is 1. The number of nitrogens with zero attached hydrogens (tertiary/aromatic N) is 1. The second-order valence-corrected chi connectivity index (χ2v) is 4.67. The van der Waals surface area contributed by atoms with Gasteiger partial charge in [-0.1, -0.05) is 28.1 Å². The number of ketones is 1. The summed E-state index contributed by atoms with van der Waals surface area (Å²) < 4.78 is 13.1. The van der Waals surface area contributed by atoms with Gasteiger partial charge in [-0.3, -0.25) is 4.79 Å². The van der Waals surface area contributed by atoms with Crippen LogP contribution in [-0.4, -0.2) is 10.8 Å². The third kappa shape index (κ3) is 2.73. The third-order valence-electron chi connectivity index (χ3n) is 2.44. The first-order valence-electron chi connectivity index (χ1n) is 5.23. The first kappa shape index (κ1) is 12.7. The predicted octanol–water partition coefficient (Wildman–Crippen LogP) is 3.12. The van der Waals surface area contributed by atoms with E-state index >= 15 is 0 Å². The fourth-order valence-electron chi connectivity index (χ4n) is 1.56. The maximum absolute atomic E-state index is 13.1. The zero-order valence-corrected chi connectivity index (χ0v) is 10.9. The summed E-state index contributed by atoms with van der Waals surface area (Å²) in [6.07, 6.45) is 1.53. The van der Waals surface area contributed by atoms with Gasteiger partial charge in [-0.15, -0.1) is 0 Å². The molecule has 0 aliphatic heterocycles. The molecular formula is C13H10BrFN2O. The summed E-state index contributed by atoms with van der Waals surface area (Å²) in [6.45, 7) is 0. The number of nitrogens with two attached hydrogens (primary N) is 1. The van der Waals surface area contributed by atoms with Crippen LogP contribution < -0.4 is 5.73 Å². The van der Waals surface area contributed by atoms with Crippen LogP contribution in [0.2, 0.25) is 0 Å². The molecule has 0 spiro atoms. The van der Waals surface area contributed by atoms with E-state index in [-0.39, 0.29) is 5.78 Å². The van der Waals surface area contributed by atoms with E-state index in [0.717, 1.165) is 0 Å². The number of nitrogen functional groups attached to an aromatic ring is 1. The topological polar surface area (TPSA) is 56.0 Å². The first-order chi connectivity index (χ1) is 8.58. The van der Waals surface area contributed by atoms with Gasteiger partial charge in [-0.2, -0.15) is 0 Å². The minimum atomic E-state index is -0.565. The fourth-order valence-corrected chi connectivity index (χ4v) is 2.11. The Bertz CT molecular complexity index is 589. The standard InChI is InChI=1S/C13H10BrFN2O/c14-12(8-4-5-17-11(16)7-8)13(18)9-2-1-3-10(15)6-9/h1-7,12H,(H2,16,17)/t12-/m1/s1. The Morgan fingerprint density at radius 1 is 1.33 bits per heavy atom. The maximum Gasteiger partial charge on any atom is 0.180 e. The van der Waals surface area contributed by atoms with Gasteiger partial charge < -0.3 is 5.73 Å². The fraction of sp³-hybridized carbons (Fsp3) is 0.0769. The van der Waals surface area contributed by atoms with E-state index in [1.54, 1.807) is 18.2 Å². The number of hydrogen-bond donors (Lipinski definition) is 1. The van der Waals surface area contributed by atoms with E-state index in [9.17, 15) is 9.18 Å². The van der Waals surface area contributed by atoms with Crippen molar-refractivity contribution in [1.29, 1.82) is 0 Å². The molecule has 2 aromatic rings. The lowest BCUT2D eigenvalue weighted by Crippen LogP contribution is -2.08. The molecule has 0 saturated heterocycles. The normalized spacial score (nSPS) is 12.1. The molecule has 5 heteroatoms. The van der Waals surface area contributed by atoms with Gasteiger partial charge >= 0.3 is 0 Å². The highest BCUT2D eigenvalue weighted by Crippen LogP contribution is 2.27. The zero-order chi connectivity index (χ0) is 13.1. The highest BCUT2D eigenvalue weighted by atomic mass is 79.9. The van der Waals surface area contributed by atoms with Gasteiger partial charge in [0.1, 0.15) is 16.5 Å². The molecule has 0 aliphatic carbocycles. The molecule has 3 nitrogen and oxygen atoms in total. The summed E-state index contributed by atoms with van der Waals surface area (Å²) in [7, 11) is 0. The van der Waals surface area contributed by atoms with Crippen molar-refractivity contribution < 1.29 is 9.18 Å². The van der Waals surface area contributed by atoms with Crippen molar-refractivity contribution in [2.75, 3.05) is 5.73 Å². The molecule has 18 heavy (non-hydrogen) atoms. The summed E-state index contributed by atoms with van der Waals surface area (Å²) in [5.41, 5.74) is 6.56. The van der Waals surface area contributed by atoms with Crippen molar-refractivity contribution in [3.05, 3.63) is 59.5 Å². The van der Waals surface area contributed by atoms with Gasteiger partial charge in [0.05, 0.1) is 0 Å². The largest absolute Gasteiger partial charge is 0.384 e. The predicted molar refractivity (Wildman–Crippen MR) is 71.0 cm³/mol. The zero-order valence-electron chi connectivity index (χ0n) is 9.31. The van der Waals surface area contributed by atoms with E-state index in [1.807, 2.05) is 0 Å². The van der Waals surface area contributed by atoms with E-state index in [0.29, 0.717) is 16.9 Å². The number of rotatable bonds is 3. The van der Waals surface area contributed by atoms with E-state index in [1.165, 1.54) is 24.4 Å². The lowest BCUT2D eigenvalue weighted by Gasteiger charge is -2.09. The SMILES string of the molecule is Nc1cc([C@@H](Br)C(=O)c2cccc(F)c2)ccn1. The Morgan fingerprint density at radius 3 is 2.78 bits per heavy atom. The van der Waals surface area contributed by atoms with Crippen molar-refractivity contribution in [1.82, 2.24) is 4.98 Å². The molecule has 1 aromatic carbocycles. The molecule has 0 fully saturated rings. The van der Waals surface area contributed by atoms with Crippen LogP contribution in [-0.2, 0) is 0 Å².